The van der Waals surface area contributed by atoms with Crippen LogP contribution >= 0.6 is 11.6 Å². The minimum absolute atomic E-state index is 0.0911. The van der Waals surface area contributed by atoms with Crippen LogP contribution in [0.1, 0.15) is 21.6 Å². The molecule has 3 rings (SSSR count). The maximum Gasteiger partial charge on any atom is 0.251 e. The standard InChI is InChI=1S/C19H15ClN2O/c20-17-8-4-7-16(13-17)14-19(23)22-12-11-18(21-22)10-9-15-5-2-1-3-6-15/h1-13H,14H2. The van der Waals surface area contributed by atoms with Gasteiger partial charge in [-0.3, -0.25) is 4.79 Å². The lowest BCUT2D eigenvalue weighted by molar-refractivity contribution is 0.0898. The second-order valence-corrected chi connectivity index (χ2v) is 5.57. The van der Waals surface area contributed by atoms with Crippen LogP contribution in [0, 0.1) is 0 Å². The summed E-state index contributed by atoms with van der Waals surface area (Å²) in [5.41, 5.74) is 2.71. The average molecular weight is 323 g/mol. The molecule has 0 unspecified atom stereocenters. The van der Waals surface area contributed by atoms with Crippen LogP contribution in [0.2, 0.25) is 5.02 Å². The molecule has 0 saturated heterocycles. The van der Waals surface area contributed by atoms with Crippen LogP contribution in [-0.4, -0.2) is 15.7 Å². The van der Waals surface area contributed by atoms with Crippen LogP contribution in [0.3, 0.4) is 0 Å². The van der Waals surface area contributed by atoms with E-state index in [1.54, 1.807) is 18.3 Å². The highest BCUT2D eigenvalue weighted by molar-refractivity contribution is 6.30. The molecule has 0 aliphatic rings. The fourth-order valence-corrected chi connectivity index (χ4v) is 2.43. The van der Waals surface area contributed by atoms with E-state index in [0.717, 1.165) is 16.8 Å². The largest absolute Gasteiger partial charge is 0.272 e. The summed E-state index contributed by atoms with van der Waals surface area (Å²) in [5, 5.41) is 4.92. The Bertz CT molecular complexity index is 837. The van der Waals surface area contributed by atoms with Gasteiger partial charge in [-0.05, 0) is 35.4 Å². The summed E-state index contributed by atoms with van der Waals surface area (Å²) in [5.74, 6) is -0.0911. The fraction of sp³-hybridized carbons (Fsp3) is 0.0526. The average Bonchev–Trinajstić information content (AvgIpc) is 3.03. The monoisotopic (exact) mass is 322 g/mol. The van der Waals surface area contributed by atoms with Gasteiger partial charge < -0.3 is 0 Å². The molecule has 114 valence electrons. The minimum atomic E-state index is -0.0911. The van der Waals surface area contributed by atoms with E-state index >= 15 is 0 Å². The van der Waals surface area contributed by atoms with Crippen molar-refractivity contribution in [2.24, 2.45) is 0 Å². The molecule has 0 bridgehead atoms. The van der Waals surface area contributed by atoms with Gasteiger partial charge >= 0.3 is 0 Å². The lowest BCUT2D eigenvalue weighted by atomic mass is 10.1. The number of carbonyl (C=O) groups is 1. The van der Waals surface area contributed by atoms with Crippen molar-refractivity contribution in [2.75, 3.05) is 0 Å². The predicted octanol–water partition coefficient (Wildman–Crippen LogP) is 4.59. The third-order valence-corrected chi connectivity index (χ3v) is 3.59. The first kappa shape index (κ1) is 15.3. The topological polar surface area (TPSA) is 34.9 Å². The van der Waals surface area contributed by atoms with Crippen LogP contribution in [0.4, 0.5) is 0 Å². The molecule has 4 heteroatoms. The number of hydrogen-bond donors (Lipinski definition) is 0. The van der Waals surface area contributed by atoms with E-state index in [1.807, 2.05) is 60.7 Å². The first-order chi connectivity index (χ1) is 11.2. The second-order valence-electron chi connectivity index (χ2n) is 5.13. The highest BCUT2D eigenvalue weighted by atomic mass is 35.5. The molecule has 0 N–H and O–H groups in total. The fourth-order valence-electron chi connectivity index (χ4n) is 2.21. The Morgan fingerprint density at radius 1 is 1.04 bits per heavy atom. The van der Waals surface area contributed by atoms with Gasteiger partial charge in [-0.2, -0.15) is 5.10 Å². The maximum atomic E-state index is 12.2. The third kappa shape index (κ3) is 4.18. The van der Waals surface area contributed by atoms with Crippen molar-refractivity contribution < 1.29 is 4.79 Å². The normalized spacial score (nSPS) is 11.0. The van der Waals surface area contributed by atoms with Crippen LogP contribution in [0.25, 0.3) is 12.2 Å². The molecule has 0 radical (unpaired) electrons. The molecule has 3 aromatic rings. The molecule has 0 fully saturated rings. The van der Waals surface area contributed by atoms with Gasteiger partial charge in [0.25, 0.3) is 5.91 Å². The van der Waals surface area contributed by atoms with E-state index in [2.05, 4.69) is 5.10 Å². The van der Waals surface area contributed by atoms with Crippen molar-refractivity contribution in [1.29, 1.82) is 0 Å². The molecular weight excluding hydrogens is 308 g/mol. The number of carbonyl (C=O) groups excluding carboxylic acids is 1. The smallest absolute Gasteiger partial charge is 0.251 e. The van der Waals surface area contributed by atoms with Crippen LogP contribution in [0.5, 0.6) is 0 Å². The molecule has 1 aromatic heterocycles. The van der Waals surface area contributed by atoms with E-state index in [9.17, 15) is 4.79 Å². The van der Waals surface area contributed by atoms with Gasteiger partial charge in [0, 0.05) is 11.2 Å². The SMILES string of the molecule is O=C(Cc1cccc(Cl)c1)n1ccc(C=Cc2ccccc2)n1. The summed E-state index contributed by atoms with van der Waals surface area (Å²) in [7, 11) is 0. The van der Waals surface area contributed by atoms with E-state index in [1.165, 1.54) is 4.68 Å². The van der Waals surface area contributed by atoms with Crippen molar-refractivity contribution in [3.63, 3.8) is 0 Å². The van der Waals surface area contributed by atoms with E-state index < -0.39 is 0 Å². The highest BCUT2D eigenvalue weighted by Crippen LogP contribution is 2.12. The summed E-state index contributed by atoms with van der Waals surface area (Å²) in [6, 6.07) is 19.1. The van der Waals surface area contributed by atoms with Gasteiger partial charge in [-0.25, -0.2) is 4.68 Å². The van der Waals surface area contributed by atoms with Gasteiger partial charge in [-0.1, -0.05) is 60.1 Å². The van der Waals surface area contributed by atoms with Crippen molar-refractivity contribution in [3.05, 3.63) is 88.7 Å². The van der Waals surface area contributed by atoms with Gasteiger partial charge in [-0.15, -0.1) is 0 Å². The maximum absolute atomic E-state index is 12.2. The Hall–Kier alpha value is -2.65. The number of halogens is 1. The van der Waals surface area contributed by atoms with E-state index in [0.29, 0.717) is 5.02 Å². The zero-order valence-corrected chi connectivity index (χ0v) is 13.1. The molecule has 2 aromatic carbocycles. The molecule has 0 aliphatic carbocycles. The lowest BCUT2D eigenvalue weighted by Crippen LogP contribution is -2.14. The zero-order chi connectivity index (χ0) is 16.1. The van der Waals surface area contributed by atoms with E-state index in [4.69, 9.17) is 11.6 Å². The summed E-state index contributed by atoms with van der Waals surface area (Å²) >= 11 is 5.94. The summed E-state index contributed by atoms with van der Waals surface area (Å²) in [6.45, 7) is 0. The second kappa shape index (κ2) is 7.07. The Kier molecular flexibility index (Phi) is 4.69. The van der Waals surface area contributed by atoms with Gasteiger partial charge in [0.1, 0.15) is 0 Å². The summed E-state index contributed by atoms with van der Waals surface area (Å²) in [6.07, 6.45) is 5.80. The van der Waals surface area contributed by atoms with Crippen molar-refractivity contribution in [1.82, 2.24) is 9.78 Å². The lowest BCUT2D eigenvalue weighted by Gasteiger charge is -2.01. The Balaban J connectivity index is 1.69. The van der Waals surface area contributed by atoms with Crippen LogP contribution in [-0.2, 0) is 6.42 Å². The van der Waals surface area contributed by atoms with Crippen LogP contribution < -0.4 is 0 Å². The summed E-state index contributed by atoms with van der Waals surface area (Å²) in [4.78, 5) is 12.2. The van der Waals surface area contributed by atoms with Crippen molar-refractivity contribution in [2.45, 2.75) is 6.42 Å². The predicted molar refractivity (Wildman–Crippen MR) is 93.4 cm³/mol. The zero-order valence-electron chi connectivity index (χ0n) is 12.4. The number of nitrogens with zero attached hydrogens (tertiary/aromatic N) is 2. The van der Waals surface area contributed by atoms with Crippen molar-refractivity contribution >= 4 is 29.7 Å². The molecule has 0 saturated carbocycles. The number of hydrogen-bond acceptors (Lipinski definition) is 2. The molecule has 0 amide bonds. The minimum Gasteiger partial charge on any atom is -0.272 e. The molecule has 0 spiro atoms. The summed E-state index contributed by atoms with van der Waals surface area (Å²) < 4.78 is 1.37. The molecule has 1 heterocycles. The van der Waals surface area contributed by atoms with Crippen LogP contribution in [0.15, 0.2) is 66.9 Å². The molecule has 0 atom stereocenters. The number of benzene rings is 2. The molecule has 23 heavy (non-hydrogen) atoms. The quantitative estimate of drug-likeness (QED) is 0.704. The van der Waals surface area contributed by atoms with Gasteiger partial charge in [0.05, 0.1) is 12.1 Å². The first-order valence-corrected chi connectivity index (χ1v) is 7.65. The Labute approximate surface area is 139 Å². The molecule has 0 aliphatic heterocycles. The third-order valence-electron chi connectivity index (χ3n) is 3.36. The highest BCUT2D eigenvalue weighted by Gasteiger charge is 2.08. The molecular formula is C19H15ClN2O. The number of rotatable bonds is 4. The Morgan fingerprint density at radius 2 is 1.87 bits per heavy atom. The van der Waals surface area contributed by atoms with Gasteiger partial charge in [0.15, 0.2) is 0 Å². The Morgan fingerprint density at radius 3 is 2.65 bits per heavy atom. The van der Waals surface area contributed by atoms with Gasteiger partial charge in [0.2, 0.25) is 0 Å². The van der Waals surface area contributed by atoms with Crippen molar-refractivity contribution in [3.8, 4) is 0 Å². The molecule has 3 nitrogen and oxygen atoms in total. The first-order valence-electron chi connectivity index (χ1n) is 7.27. The van der Waals surface area contributed by atoms with E-state index in [-0.39, 0.29) is 12.3 Å². The number of aromatic nitrogens is 2.